The predicted octanol–water partition coefficient (Wildman–Crippen LogP) is 1.97. The Morgan fingerprint density at radius 2 is 2.05 bits per heavy atom. The van der Waals surface area contributed by atoms with Gasteiger partial charge in [-0.25, -0.2) is 0 Å². The molecule has 1 heterocycles. The maximum Gasteiger partial charge on any atom is 0.323 e. The topological polar surface area (TPSA) is 61.8 Å². The molecule has 1 atom stereocenters. The molecule has 1 aliphatic rings. The molecule has 2 N–H and O–H groups in total. The summed E-state index contributed by atoms with van der Waals surface area (Å²) in [7, 11) is 2.13. The third-order valence-electron chi connectivity index (χ3n) is 4.21. The Morgan fingerprint density at radius 3 is 2.57 bits per heavy atom. The van der Waals surface area contributed by atoms with E-state index in [0.717, 1.165) is 51.5 Å². The molecule has 0 bridgehead atoms. The van der Waals surface area contributed by atoms with E-state index < -0.39 is 11.5 Å². The Labute approximate surface area is 129 Å². The Morgan fingerprint density at radius 1 is 1.43 bits per heavy atom. The minimum Gasteiger partial charge on any atom is -0.480 e. The van der Waals surface area contributed by atoms with Crippen LogP contribution in [0.4, 0.5) is 0 Å². The zero-order chi connectivity index (χ0) is 15.9. The van der Waals surface area contributed by atoms with Crippen molar-refractivity contribution in [3.63, 3.8) is 0 Å². The smallest absolute Gasteiger partial charge is 0.323 e. The fraction of sp³-hybridized carbons (Fsp3) is 0.938. The molecule has 124 valence electrons. The maximum atomic E-state index is 11.5. The highest BCUT2D eigenvalue weighted by atomic mass is 16.5. The van der Waals surface area contributed by atoms with Gasteiger partial charge >= 0.3 is 5.97 Å². The molecule has 21 heavy (non-hydrogen) atoms. The van der Waals surface area contributed by atoms with Crippen molar-refractivity contribution >= 4 is 5.97 Å². The molecule has 1 fully saturated rings. The van der Waals surface area contributed by atoms with Gasteiger partial charge < -0.3 is 14.7 Å². The minimum atomic E-state index is -0.826. The lowest BCUT2D eigenvalue weighted by Crippen LogP contribution is -2.52. The summed E-state index contributed by atoms with van der Waals surface area (Å²) in [6, 6.07) is 0.172. The van der Waals surface area contributed by atoms with Crippen LogP contribution in [0.5, 0.6) is 0 Å². The molecule has 5 heteroatoms. The van der Waals surface area contributed by atoms with Gasteiger partial charge in [-0.15, -0.1) is 0 Å². The second kappa shape index (κ2) is 8.71. The monoisotopic (exact) mass is 300 g/mol. The van der Waals surface area contributed by atoms with E-state index in [0.29, 0.717) is 6.42 Å². The summed E-state index contributed by atoms with van der Waals surface area (Å²) in [5.41, 5.74) is -0.826. The number of nitrogens with zero attached hydrogens (tertiary/aromatic N) is 1. The van der Waals surface area contributed by atoms with E-state index in [9.17, 15) is 9.90 Å². The van der Waals surface area contributed by atoms with E-state index in [1.54, 1.807) is 6.92 Å². The van der Waals surface area contributed by atoms with Crippen LogP contribution in [0.15, 0.2) is 0 Å². The van der Waals surface area contributed by atoms with Gasteiger partial charge in [-0.2, -0.15) is 0 Å². The van der Waals surface area contributed by atoms with Crippen molar-refractivity contribution in [2.24, 2.45) is 5.92 Å². The van der Waals surface area contributed by atoms with Crippen molar-refractivity contribution in [1.82, 2.24) is 10.2 Å². The molecular weight excluding hydrogens is 268 g/mol. The van der Waals surface area contributed by atoms with E-state index in [2.05, 4.69) is 17.3 Å². The van der Waals surface area contributed by atoms with Gasteiger partial charge in [0.2, 0.25) is 0 Å². The maximum absolute atomic E-state index is 11.5. The molecule has 1 saturated heterocycles. The number of carboxylic acids is 1. The summed E-state index contributed by atoms with van der Waals surface area (Å²) in [6.07, 6.45) is 3.83. The lowest BCUT2D eigenvalue weighted by atomic mass is 9.94. The SMILES string of the molecule is CC(C)NC(C)(CCCN(C)CC1CCOCC1)C(=O)O. The van der Waals surface area contributed by atoms with Gasteiger partial charge in [-0.1, -0.05) is 0 Å². The van der Waals surface area contributed by atoms with Gasteiger partial charge in [0, 0.05) is 25.8 Å². The lowest BCUT2D eigenvalue weighted by molar-refractivity contribution is -0.144. The van der Waals surface area contributed by atoms with Crippen LogP contribution >= 0.6 is 0 Å². The van der Waals surface area contributed by atoms with Gasteiger partial charge in [0.05, 0.1) is 0 Å². The van der Waals surface area contributed by atoms with Crippen molar-refractivity contribution in [2.45, 2.75) is 58.0 Å². The third kappa shape index (κ3) is 6.76. The number of carbonyl (C=O) groups is 1. The van der Waals surface area contributed by atoms with Crippen LogP contribution in [0.2, 0.25) is 0 Å². The lowest BCUT2D eigenvalue weighted by Gasteiger charge is -2.30. The molecule has 0 aromatic heterocycles. The summed E-state index contributed by atoms with van der Waals surface area (Å²) < 4.78 is 5.38. The fourth-order valence-corrected chi connectivity index (χ4v) is 3.04. The highest BCUT2D eigenvalue weighted by Crippen LogP contribution is 2.17. The second-order valence-corrected chi connectivity index (χ2v) is 6.86. The van der Waals surface area contributed by atoms with Crippen molar-refractivity contribution < 1.29 is 14.6 Å². The first-order chi connectivity index (χ1) is 9.83. The first kappa shape index (κ1) is 18.4. The summed E-state index contributed by atoms with van der Waals surface area (Å²) in [5, 5.41) is 12.6. The molecule has 1 aliphatic heterocycles. The molecule has 0 aromatic carbocycles. The molecule has 1 rings (SSSR count). The van der Waals surface area contributed by atoms with Crippen LogP contribution in [-0.2, 0) is 9.53 Å². The van der Waals surface area contributed by atoms with Crippen LogP contribution < -0.4 is 5.32 Å². The van der Waals surface area contributed by atoms with Crippen LogP contribution in [0.3, 0.4) is 0 Å². The van der Waals surface area contributed by atoms with E-state index >= 15 is 0 Å². The Kier molecular flexibility index (Phi) is 7.63. The van der Waals surface area contributed by atoms with E-state index in [4.69, 9.17) is 4.74 Å². The number of hydrogen-bond donors (Lipinski definition) is 2. The molecule has 0 amide bonds. The van der Waals surface area contributed by atoms with Crippen molar-refractivity contribution in [3.8, 4) is 0 Å². The molecule has 5 nitrogen and oxygen atoms in total. The molecule has 0 radical (unpaired) electrons. The molecule has 0 saturated carbocycles. The summed E-state index contributed by atoms with van der Waals surface area (Å²) in [5.74, 6) is -0.0355. The van der Waals surface area contributed by atoms with Crippen molar-refractivity contribution in [1.29, 1.82) is 0 Å². The molecule has 0 spiro atoms. The quantitative estimate of drug-likeness (QED) is 0.681. The number of carboxylic acid groups (broad SMARTS) is 1. The molecule has 1 unspecified atom stereocenters. The number of ether oxygens (including phenoxy) is 1. The van der Waals surface area contributed by atoms with Crippen molar-refractivity contribution in [3.05, 3.63) is 0 Å². The number of nitrogens with one attached hydrogen (secondary N) is 1. The largest absolute Gasteiger partial charge is 0.480 e. The average Bonchev–Trinajstić information content (AvgIpc) is 2.38. The number of aliphatic carboxylic acids is 1. The highest BCUT2D eigenvalue weighted by molar-refractivity contribution is 5.78. The first-order valence-corrected chi connectivity index (χ1v) is 8.11. The van der Waals surface area contributed by atoms with Crippen LogP contribution in [0.1, 0.15) is 46.5 Å². The van der Waals surface area contributed by atoms with Gasteiger partial charge in [0.1, 0.15) is 5.54 Å². The molecule has 0 aliphatic carbocycles. The van der Waals surface area contributed by atoms with Crippen LogP contribution in [0, 0.1) is 5.92 Å². The summed E-state index contributed by atoms with van der Waals surface area (Å²) >= 11 is 0. The highest BCUT2D eigenvalue weighted by Gasteiger charge is 2.32. The average molecular weight is 300 g/mol. The van der Waals surface area contributed by atoms with Gasteiger partial charge in [0.25, 0.3) is 0 Å². The Bertz CT molecular complexity index is 317. The Hall–Kier alpha value is -0.650. The Balaban J connectivity index is 2.30. The second-order valence-electron chi connectivity index (χ2n) is 6.86. The van der Waals surface area contributed by atoms with Gasteiger partial charge in [0.15, 0.2) is 0 Å². The minimum absolute atomic E-state index is 0.172. The van der Waals surface area contributed by atoms with E-state index in [1.807, 2.05) is 13.8 Å². The fourth-order valence-electron chi connectivity index (χ4n) is 3.04. The van der Waals surface area contributed by atoms with E-state index in [-0.39, 0.29) is 6.04 Å². The predicted molar refractivity (Wildman–Crippen MR) is 84.6 cm³/mol. The third-order valence-corrected chi connectivity index (χ3v) is 4.21. The summed E-state index contributed by atoms with van der Waals surface area (Å²) in [6.45, 7) is 9.55. The van der Waals surface area contributed by atoms with Crippen LogP contribution in [0.25, 0.3) is 0 Å². The van der Waals surface area contributed by atoms with Crippen molar-refractivity contribution in [2.75, 3.05) is 33.4 Å². The molecular formula is C16H32N2O3. The van der Waals surface area contributed by atoms with Gasteiger partial charge in [-0.3, -0.25) is 10.1 Å². The standard InChI is InChI=1S/C16H32N2O3/c1-13(2)17-16(3,15(19)20)8-5-9-18(4)12-14-6-10-21-11-7-14/h13-14,17H,5-12H2,1-4H3,(H,19,20). The number of rotatable bonds is 9. The first-order valence-electron chi connectivity index (χ1n) is 8.11. The van der Waals surface area contributed by atoms with E-state index in [1.165, 1.54) is 0 Å². The van der Waals surface area contributed by atoms with Crippen LogP contribution in [-0.4, -0.2) is 60.9 Å². The zero-order valence-electron chi connectivity index (χ0n) is 14.0. The van der Waals surface area contributed by atoms with Gasteiger partial charge in [-0.05, 0) is 66.0 Å². The normalized spacial score (nSPS) is 19.9. The molecule has 0 aromatic rings. The summed E-state index contributed by atoms with van der Waals surface area (Å²) in [4.78, 5) is 13.8. The number of hydrogen-bond acceptors (Lipinski definition) is 4. The zero-order valence-corrected chi connectivity index (χ0v) is 14.0.